The number of hydrogen-bond donors (Lipinski definition) is 1. The molecule has 0 aromatic rings. The first-order valence-electron chi connectivity index (χ1n) is 4.03. The topological polar surface area (TPSA) is 46.3 Å². The third-order valence-corrected chi connectivity index (χ3v) is 3.65. The second-order valence-electron chi connectivity index (χ2n) is 2.98. The van der Waals surface area contributed by atoms with E-state index in [1.54, 1.807) is 0 Å². The van der Waals surface area contributed by atoms with E-state index in [0.717, 1.165) is 25.4 Å². The van der Waals surface area contributed by atoms with Gasteiger partial charge in [0.2, 0.25) is 0 Å². The van der Waals surface area contributed by atoms with Gasteiger partial charge in [-0.25, -0.2) is 0 Å². The van der Waals surface area contributed by atoms with Crippen molar-refractivity contribution in [2.24, 2.45) is 5.73 Å². The maximum absolute atomic E-state index is 11.2. The van der Waals surface area contributed by atoms with E-state index in [4.69, 9.17) is 5.73 Å². The fraction of sp³-hybridized carbons (Fsp3) is 1.00. The number of nitrogens with two attached hydrogens (primary N) is 1. The lowest BCUT2D eigenvalue weighted by Gasteiger charge is -2.29. The Morgan fingerprint density at radius 1 is 1.73 bits per heavy atom. The molecule has 3 nitrogen and oxygen atoms in total. The van der Waals surface area contributed by atoms with Crippen LogP contribution in [0.2, 0.25) is 0 Å². The van der Waals surface area contributed by atoms with Gasteiger partial charge in [-0.3, -0.25) is 9.11 Å². The van der Waals surface area contributed by atoms with E-state index in [-0.39, 0.29) is 0 Å². The van der Waals surface area contributed by atoms with E-state index in [1.807, 2.05) is 6.92 Å². The van der Waals surface area contributed by atoms with E-state index in [0.29, 0.717) is 11.8 Å². The summed E-state index contributed by atoms with van der Waals surface area (Å²) in [5, 5.41) is 0.329. The summed E-state index contributed by atoms with van der Waals surface area (Å²) in [6, 6.07) is 0. The Labute approximate surface area is 70.4 Å². The number of rotatable bonds is 2. The molecule has 0 saturated carbocycles. The highest BCUT2D eigenvalue weighted by Crippen LogP contribution is 2.06. The molecular weight excluding hydrogens is 160 g/mol. The van der Waals surface area contributed by atoms with Crippen molar-refractivity contribution in [3.8, 4) is 0 Å². The van der Waals surface area contributed by atoms with Crippen LogP contribution in [0, 0.1) is 0 Å². The highest BCUT2D eigenvalue weighted by atomic mass is 32.2. The van der Waals surface area contributed by atoms with Gasteiger partial charge in [-0.2, -0.15) is 0 Å². The fourth-order valence-corrected chi connectivity index (χ4v) is 2.56. The molecule has 0 radical (unpaired) electrons. The zero-order chi connectivity index (χ0) is 8.27. The quantitative estimate of drug-likeness (QED) is 0.611. The standard InChI is InChI=1S/C7H16N2OS/c1-7-6-9(3-2-8)4-5-11(7)10/h7H,2-6,8H2,1H3. The summed E-state index contributed by atoms with van der Waals surface area (Å²) in [6.45, 7) is 5.59. The maximum atomic E-state index is 11.2. The van der Waals surface area contributed by atoms with E-state index >= 15 is 0 Å². The number of hydrogen-bond acceptors (Lipinski definition) is 3. The van der Waals surface area contributed by atoms with Crippen LogP contribution in [0.5, 0.6) is 0 Å². The maximum Gasteiger partial charge on any atom is 0.0447 e. The van der Waals surface area contributed by atoms with Gasteiger partial charge >= 0.3 is 0 Å². The zero-order valence-electron chi connectivity index (χ0n) is 6.95. The minimum absolute atomic E-state index is 0.329. The van der Waals surface area contributed by atoms with Crippen molar-refractivity contribution in [3.63, 3.8) is 0 Å². The number of nitrogens with zero attached hydrogens (tertiary/aromatic N) is 1. The SMILES string of the molecule is CC1CN(CCN)CCS1=O. The summed E-state index contributed by atoms with van der Waals surface area (Å²) in [5.74, 6) is 0.821. The Hall–Kier alpha value is 0.0700. The summed E-state index contributed by atoms with van der Waals surface area (Å²) in [7, 11) is -0.592. The molecule has 0 aliphatic carbocycles. The highest BCUT2D eigenvalue weighted by Gasteiger charge is 2.21. The van der Waals surface area contributed by atoms with E-state index in [1.165, 1.54) is 0 Å². The van der Waals surface area contributed by atoms with Crippen LogP contribution in [-0.2, 0) is 10.8 Å². The van der Waals surface area contributed by atoms with Crippen LogP contribution >= 0.6 is 0 Å². The third-order valence-electron chi connectivity index (χ3n) is 2.02. The van der Waals surface area contributed by atoms with Crippen LogP contribution in [0.1, 0.15) is 6.92 Å². The zero-order valence-corrected chi connectivity index (χ0v) is 7.77. The minimum Gasteiger partial charge on any atom is -0.329 e. The lowest BCUT2D eigenvalue weighted by atomic mass is 10.4. The van der Waals surface area contributed by atoms with Gasteiger partial charge in [0.25, 0.3) is 0 Å². The van der Waals surface area contributed by atoms with Crippen molar-refractivity contribution in [1.29, 1.82) is 0 Å². The first-order valence-corrected chi connectivity index (χ1v) is 5.42. The van der Waals surface area contributed by atoms with Gasteiger partial charge in [-0.05, 0) is 6.92 Å². The summed E-state index contributed by atoms with van der Waals surface area (Å²) in [5.41, 5.74) is 5.42. The fourth-order valence-electron chi connectivity index (χ4n) is 1.34. The Bertz CT molecular complexity index is 151. The van der Waals surface area contributed by atoms with Crippen LogP contribution in [0.25, 0.3) is 0 Å². The Kier molecular flexibility index (Phi) is 3.48. The smallest absolute Gasteiger partial charge is 0.0447 e. The second-order valence-corrected chi connectivity index (χ2v) is 4.96. The minimum atomic E-state index is -0.592. The van der Waals surface area contributed by atoms with Crippen molar-refractivity contribution in [2.45, 2.75) is 12.2 Å². The van der Waals surface area contributed by atoms with Crippen LogP contribution in [0.3, 0.4) is 0 Å². The van der Waals surface area contributed by atoms with Gasteiger partial charge in [0.05, 0.1) is 0 Å². The van der Waals surface area contributed by atoms with Crippen molar-refractivity contribution in [3.05, 3.63) is 0 Å². The molecule has 1 rings (SSSR count). The molecule has 0 spiro atoms. The van der Waals surface area contributed by atoms with Crippen LogP contribution < -0.4 is 5.73 Å². The Balaban J connectivity index is 2.33. The van der Waals surface area contributed by atoms with Gasteiger partial charge in [0, 0.05) is 48.0 Å². The third kappa shape index (κ3) is 2.54. The van der Waals surface area contributed by atoms with Crippen molar-refractivity contribution in [1.82, 2.24) is 4.90 Å². The summed E-state index contributed by atoms with van der Waals surface area (Å²) >= 11 is 0. The molecule has 0 amide bonds. The molecule has 2 unspecified atom stereocenters. The molecule has 0 aromatic heterocycles. The second kappa shape index (κ2) is 4.18. The predicted octanol–water partition coefficient (Wildman–Crippen LogP) is -0.602. The van der Waals surface area contributed by atoms with E-state index in [9.17, 15) is 4.21 Å². The lowest BCUT2D eigenvalue weighted by molar-refractivity contribution is 0.290. The van der Waals surface area contributed by atoms with E-state index < -0.39 is 10.8 Å². The van der Waals surface area contributed by atoms with Gasteiger partial charge < -0.3 is 5.73 Å². The predicted molar refractivity (Wildman–Crippen MR) is 48.0 cm³/mol. The van der Waals surface area contributed by atoms with Crippen LogP contribution in [-0.4, -0.2) is 46.3 Å². The van der Waals surface area contributed by atoms with Crippen molar-refractivity contribution < 1.29 is 4.21 Å². The van der Waals surface area contributed by atoms with Gasteiger partial charge in [-0.1, -0.05) is 0 Å². The molecule has 1 aliphatic heterocycles. The average Bonchev–Trinajstić information content (AvgIpc) is 1.98. The molecule has 1 fully saturated rings. The average molecular weight is 176 g/mol. The Morgan fingerprint density at radius 3 is 3.00 bits per heavy atom. The lowest BCUT2D eigenvalue weighted by Crippen LogP contribution is -2.44. The first-order chi connectivity index (χ1) is 5.24. The molecule has 11 heavy (non-hydrogen) atoms. The highest BCUT2D eigenvalue weighted by molar-refractivity contribution is 7.85. The van der Waals surface area contributed by atoms with Gasteiger partial charge in [-0.15, -0.1) is 0 Å². The van der Waals surface area contributed by atoms with Crippen molar-refractivity contribution >= 4 is 10.8 Å². The molecule has 0 bridgehead atoms. The summed E-state index contributed by atoms with van der Waals surface area (Å²) in [6.07, 6.45) is 0. The molecule has 66 valence electrons. The van der Waals surface area contributed by atoms with E-state index in [2.05, 4.69) is 4.90 Å². The molecule has 1 heterocycles. The molecule has 0 aromatic carbocycles. The summed E-state index contributed by atoms with van der Waals surface area (Å²) in [4.78, 5) is 2.28. The van der Waals surface area contributed by atoms with Crippen molar-refractivity contribution in [2.75, 3.05) is 31.9 Å². The molecule has 2 N–H and O–H groups in total. The summed E-state index contributed by atoms with van der Waals surface area (Å²) < 4.78 is 11.2. The van der Waals surface area contributed by atoms with Crippen LogP contribution in [0.15, 0.2) is 0 Å². The first kappa shape index (κ1) is 9.16. The monoisotopic (exact) mass is 176 g/mol. The van der Waals surface area contributed by atoms with Gasteiger partial charge in [0.1, 0.15) is 0 Å². The molecule has 2 atom stereocenters. The largest absolute Gasteiger partial charge is 0.329 e. The molecule has 4 heteroatoms. The van der Waals surface area contributed by atoms with Crippen LogP contribution in [0.4, 0.5) is 0 Å². The Morgan fingerprint density at radius 2 is 2.45 bits per heavy atom. The van der Waals surface area contributed by atoms with Gasteiger partial charge in [0.15, 0.2) is 0 Å². The normalized spacial score (nSPS) is 34.0. The molecular formula is C7H16N2OS. The molecule has 1 aliphatic rings. The molecule has 1 saturated heterocycles.